The number of carbonyl (C=O) groups excluding carboxylic acids is 1. The number of amides is 1. The molecule has 0 spiro atoms. The van der Waals surface area contributed by atoms with Crippen molar-refractivity contribution >= 4 is 23.2 Å². The number of hydrogen-bond acceptors (Lipinski definition) is 7. The van der Waals surface area contributed by atoms with Crippen LogP contribution in [-0.4, -0.2) is 73.9 Å². The molecule has 2 aromatic heterocycles. The van der Waals surface area contributed by atoms with Crippen molar-refractivity contribution in [1.82, 2.24) is 34.7 Å². The van der Waals surface area contributed by atoms with Gasteiger partial charge in [-0.2, -0.15) is 0 Å². The normalized spacial score (nSPS) is 13.0. The van der Waals surface area contributed by atoms with Crippen molar-refractivity contribution in [2.24, 2.45) is 0 Å². The molecule has 1 amide bonds. The first kappa shape index (κ1) is 41.3. The molecule has 9 rings (SSSR count). The second-order valence-corrected chi connectivity index (χ2v) is 16.1. The standard InChI is InChI=1S/C52H49ClN8O2/c1-3-4-28-47-54-49(53)48(51(62)59-35-33-58(34-36-59)45-26-16-17-27-46(45)63-2)60(47)37-38-29-31-39(32-30-38)43-24-14-15-25-44(43)50-55-56-57-61(50)52(40-18-8-5-9-19-40,41-20-10-6-11-21-41)42-22-12-7-13-23-42/h5-27,29-32H,3-4,28,33-37H2,1-2H3. The fourth-order valence-corrected chi connectivity index (χ4v) is 9.23. The molecule has 0 N–H and O–H groups in total. The van der Waals surface area contributed by atoms with Gasteiger partial charge in [0.05, 0.1) is 12.8 Å². The number of aromatic nitrogens is 6. The van der Waals surface area contributed by atoms with Gasteiger partial charge in [0.15, 0.2) is 11.0 Å². The van der Waals surface area contributed by atoms with Crippen molar-refractivity contribution in [2.75, 3.05) is 38.2 Å². The number of tetrazole rings is 1. The minimum Gasteiger partial charge on any atom is -0.495 e. The number of piperazine rings is 1. The van der Waals surface area contributed by atoms with E-state index < -0.39 is 5.54 Å². The molecule has 10 nitrogen and oxygen atoms in total. The van der Waals surface area contributed by atoms with Gasteiger partial charge >= 0.3 is 0 Å². The molecule has 63 heavy (non-hydrogen) atoms. The molecule has 0 aliphatic carbocycles. The molecule has 11 heteroatoms. The number of hydrogen-bond donors (Lipinski definition) is 0. The number of aryl methyl sites for hydroxylation is 1. The molecular formula is C52H49ClN8O2. The van der Waals surface area contributed by atoms with E-state index in [0.29, 0.717) is 44.2 Å². The van der Waals surface area contributed by atoms with Crippen molar-refractivity contribution in [3.8, 4) is 28.3 Å². The van der Waals surface area contributed by atoms with Gasteiger partial charge in [-0.05, 0) is 62.4 Å². The molecule has 6 aromatic carbocycles. The zero-order chi connectivity index (χ0) is 43.2. The molecule has 1 aliphatic rings. The summed E-state index contributed by atoms with van der Waals surface area (Å²) in [6.45, 7) is 5.09. The topological polar surface area (TPSA) is 94.2 Å². The van der Waals surface area contributed by atoms with Gasteiger partial charge in [0.25, 0.3) is 5.91 Å². The number of carbonyl (C=O) groups is 1. The van der Waals surface area contributed by atoms with E-state index in [1.807, 2.05) is 62.7 Å². The van der Waals surface area contributed by atoms with Crippen molar-refractivity contribution in [3.63, 3.8) is 0 Å². The van der Waals surface area contributed by atoms with Crippen molar-refractivity contribution in [2.45, 2.75) is 38.3 Å². The lowest BCUT2D eigenvalue weighted by Gasteiger charge is -2.36. The van der Waals surface area contributed by atoms with Gasteiger partial charge in [-0.3, -0.25) is 4.79 Å². The number of para-hydroxylation sites is 2. The van der Waals surface area contributed by atoms with Crippen LogP contribution in [0.2, 0.25) is 5.15 Å². The van der Waals surface area contributed by atoms with Crippen LogP contribution in [0.5, 0.6) is 5.75 Å². The van der Waals surface area contributed by atoms with E-state index in [0.717, 1.165) is 75.5 Å². The maximum absolute atomic E-state index is 14.4. The third-order valence-corrected chi connectivity index (χ3v) is 12.4. The van der Waals surface area contributed by atoms with E-state index in [9.17, 15) is 4.79 Å². The zero-order valence-electron chi connectivity index (χ0n) is 35.5. The highest BCUT2D eigenvalue weighted by Crippen LogP contribution is 2.43. The highest BCUT2D eigenvalue weighted by molar-refractivity contribution is 6.32. The molecule has 316 valence electrons. The molecule has 0 radical (unpaired) electrons. The summed E-state index contributed by atoms with van der Waals surface area (Å²) in [5, 5.41) is 14.2. The van der Waals surface area contributed by atoms with Gasteiger partial charge in [0, 0.05) is 44.7 Å². The Kier molecular flexibility index (Phi) is 12.1. The lowest BCUT2D eigenvalue weighted by molar-refractivity contribution is 0.0736. The van der Waals surface area contributed by atoms with Crippen LogP contribution in [0.4, 0.5) is 5.69 Å². The highest BCUT2D eigenvalue weighted by Gasteiger charge is 2.42. The number of imidazole rings is 1. The Morgan fingerprint density at radius 2 is 1.27 bits per heavy atom. The van der Waals surface area contributed by atoms with Gasteiger partial charge in [-0.1, -0.05) is 177 Å². The smallest absolute Gasteiger partial charge is 0.273 e. The maximum atomic E-state index is 14.4. The Bertz CT molecular complexity index is 2690. The minimum absolute atomic E-state index is 0.101. The molecule has 1 fully saturated rings. The second kappa shape index (κ2) is 18.5. The molecule has 8 aromatic rings. The SMILES string of the molecule is CCCCc1nc(Cl)c(C(=O)N2CCN(c3ccccc3OC)CC2)n1Cc1ccc(-c2ccccc2-c2nnnn2C(c2ccccc2)(c2ccccc2)c2ccccc2)cc1. The fraction of sp³-hybridized carbons (Fsp3) is 0.212. The Labute approximate surface area is 373 Å². The molecule has 0 atom stereocenters. The van der Waals surface area contributed by atoms with E-state index in [-0.39, 0.29) is 11.1 Å². The molecule has 1 saturated heterocycles. The molecule has 1 aliphatic heterocycles. The number of rotatable bonds is 14. The van der Waals surface area contributed by atoms with Gasteiger partial charge in [0.1, 0.15) is 22.8 Å². The summed E-state index contributed by atoms with van der Waals surface area (Å²) in [6.07, 6.45) is 2.66. The average molecular weight is 853 g/mol. The van der Waals surface area contributed by atoms with E-state index in [1.165, 1.54) is 0 Å². The summed E-state index contributed by atoms with van der Waals surface area (Å²) in [7, 11) is 1.69. The first-order valence-electron chi connectivity index (χ1n) is 21.6. The summed E-state index contributed by atoms with van der Waals surface area (Å²) in [5.41, 5.74) is 7.59. The van der Waals surface area contributed by atoms with Crippen molar-refractivity contribution < 1.29 is 9.53 Å². The molecule has 3 heterocycles. The third-order valence-electron chi connectivity index (χ3n) is 12.1. The summed E-state index contributed by atoms with van der Waals surface area (Å²) >= 11 is 6.88. The Morgan fingerprint density at radius 3 is 1.87 bits per heavy atom. The van der Waals surface area contributed by atoms with Gasteiger partial charge in [-0.15, -0.1) is 5.10 Å². The van der Waals surface area contributed by atoms with Gasteiger partial charge in [0.2, 0.25) is 0 Å². The minimum atomic E-state index is -0.890. The quantitative estimate of drug-likeness (QED) is 0.101. The predicted molar refractivity (Wildman–Crippen MR) is 249 cm³/mol. The first-order chi connectivity index (χ1) is 31.0. The summed E-state index contributed by atoms with van der Waals surface area (Å²) in [4.78, 5) is 23.3. The number of nitrogens with zero attached hydrogens (tertiary/aromatic N) is 8. The van der Waals surface area contributed by atoms with E-state index >= 15 is 0 Å². The van der Waals surface area contributed by atoms with Crippen LogP contribution in [-0.2, 0) is 18.5 Å². The van der Waals surface area contributed by atoms with E-state index in [2.05, 4.69) is 132 Å². The third kappa shape index (κ3) is 7.98. The van der Waals surface area contributed by atoms with Crippen LogP contribution in [0.25, 0.3) is 22.5 Å². The van der Waals surface area contributed by atoms with Crippen LogP contribution in [0.3, 0.4) is 0 Å². The van der Waals surface area contributed by atoms with E-state index in [1.54, 1.807) is 7.11 Å². The lowest BCUT2D eigenvalue weighted by Crippen LogP contribution is -2.49. The van der Waals surface area contributed by atoms with Crippen LogP contribution in [0, 0.1) is 0 Å². The number of anilines is 1. The summed E-state index contributed by atoms with van der Waals surface area (Å²) < 4.78 is 9.62. The first-order valence-corrected chi connectivity index (χ1v) is 21.9. The van der Waals surface area contributed by atoms with Crippen molar-refractivity contribution in [1.29, 1.82) is 0 Å². The van der Waals surface area contributed by atoms with Crippen LogP contribution in [0.1, 0.15) is 58.3 Å². The molecular weight excluding hydrogens is 804 g/mol. The summed E-state index contributed by atoms with van der Waals surface area (Å²) in [5.74, 6) is 2.17. The number of ether oxygens (including phenoxy) is 1. The predicted octanol–water partition coefficient (Wildman–Crippen LogP) is 10.1. The highest BCUT2D eigenvalue weighted by atomic mass is 35.5. The lowest BCUT2D eigenvalue weighted by atomic mass is 9.77. The number of benzene rings is 6. The van der Waals surface area contributed by atoms with E-state index in [4.69, 9.17) is 31.6 Å². The van der Waals surface area contributed by atoms with Crippen LogP contribution in [0.15, 0.2) is 164 Å². The largest absolute Gasteiger partial charge is 0.495 e. The van der Waals surface area contributed by atoms with Crippen LogP contribution < -0.4 is 9.64 Å². The monoisotopic (exact) mass is 852 g/mol. The maximum Gasteiger partial charge on any atom is 0.273 e. The fourth-order valence-electron chi connectivity index (χ4n) is 8.95. The van der Waals surface area contributed by atoms with Crippen molar-refractivity contribution in [3.05, 3.63) is 203 Å². The Balaban J connectivity index is 1.04. The van der Waals surface area contributed by atoms with Gasteiger partial charge < -0.3 is 19.1 Å². The zero-order valence-corrected chi connectivity index (χ0v) is 36.3. The number of unbranched alkanes of at least 4 members (excludes halogenated alkanes) is 1. The number of methoxy groups -OCH3 is 1. The Hall–Kier alpha value is -7.04. The summed E-state index contributed by atoms with van der Waals surface area (Å²) in [6, 6.07) is 56.0. The van der Waals surface area contributed by atoms with Crippen LogP contribution >= 0.6 is 11.6 Å². The Morgan fingerprint density at radius 1 is 0.698 bits per heavy atom. The van der Waals surface area contributed by atoms with Gasteiger partial charge in [-0.25, -0.2) is 9.67 Å². The second-order valence-electron chi connectivity index (χ2n) is 15.8. The molecule has 0 unspecified atom stereocenters. The molecule has 0 bridgehead atoms. The number of halogens is 1. The average Bonchev–Trinajstić information content (AvgIpc) is 3.96. The molecule has 0 saturated carbocycles.